The summed E-state index contributed by atoms with van der Waals surface area (Å²) in [6.45, 7) is 6.56. The van der Waals surface area contributed by atoms with Crippen molar-refractivity contribution >= 4 is 17.3 Å². The molecule has 21 heavy (non-hydrogen) atoms. The quantitative estimate of drug-likeness (QED) is 0.886. The fourth-order valence-electron chi connectivity index (χ4n) is 2.11. The Morgan fingerprint density at radius 3 is 2.57 bits per heavy atom. The van der Waals surface area contributed by atoms with Crippen LogP contribution in [0.3, 0.4) is 0 Å². The van der Waals surface area contributed by atoms with Gasteiger partial charge < -0.3 is 20.4 Å². The average Bonchev–Trinajstić information content (AvgIpc) is 2.84. The molecule has 1 aromatic heterocycles. The molecule has 0 unspecified atom stereocenters. The predicted octanol–water partition coefficient (Wildman–Crippen LogP) is 3.30. The van der Waals surface area contributed by atoms with Gasteiger partial charge in [0.05, 0.1) is 12.3 Å². The number of hydrogen-bond acceptors (Lipinski definition) is 3. The monoisotopic (exact) mass is 287 g/mol. The molecule has 0 aliphatic heterocycles. The lowest BCUT2D eigenvalue weighted by molar-refractivity contribution is 0.101. The van der Waals surface area contributed by atoms with Crippen molar-refractivity contribution in [2.45, 2.75) is 26.8 Å². The van der Waals surface area contributed by atoms with E-state index >= 15 is 0 Å². The molecule has 2 aromatic rings. The number of rotatable bonds is 5. The van der Waals surface area contributed by atoms with Crippen molar-refractivity contribution in [2.24, 2.45) is 0 Å². The van der Waals surface area contributed by atoms with Gasteiger partial charge in [-0.05, 0) is 51.1 Å². The minimum Gasteiger partial charge on any atom is -0.494 e. The molecule has 1 aromatic carbocycles. The lowest BCUT2D eigenvalue weighted by atomic mass is 10.2. The summed E-state index contributed by atoms with van der Waals surface area (Å²) in [6.07, 6.45) is 1.78. The van der Waals surface area contributed by atoms with Gasteiger partial charge in [-0.3, -0.25) is 4.79 Å². The predicted molar refractivity (Wildman–Crippen MR) is 84.8 cm³/mol. The number of ether oxygens (including phenoxy) is 1. The molecule has 0 aliphatic carbocycles. The lowest BCUT2D eigenvalue weighted by Crippen LogP contribution is -2.17. The van der Waals surface area contributed by atoms with Crippen LogP contribution in [0.1, 0.15) is 37.3 Å². The highest BCUT2D eigenvalue weighted by atomic mass is 16.5. The van der Waals surface area contributed by atoms with E-state index in [1.165, 1.54) is 0 Å². The van der Waals surface area contributed by atoms with E-state index in [2.05, 4.69) is 5.32 Å². The molecule has 0 spiro atoms. The first kappa shape index (κ1) is 15.0. The van der Waals surface area contributed by atoms with E-state index in [0.29, 0.717) is 18.0 Å². The maximum Gasteiger partial charge on any atom is 0.272 e. The van der Waals surface area contributed by atoms with Gasteiger partial charge in [0.1, 0.15) is 11.4 Å². The molecule has 0 bridgehead atoms. The van der Waals surface area contributed by atoms with Gasteiger partial charge in [-0.2, -0.15) is 0 Å². The smallest absolute Gasteiger partial charge is 0.272 e. The molecule has 0 atom stereocenters. The number of benzene rings is 1. The Morgan fingerprint density at radius 2 is 2.00 bits per heavy atom. The van der Waals surface area contributed by atoms with Crippen LogP contribution < -0.4 is 15.8 Å². The SMILES string of the molecule is CCOc1ccc(NC(=O)c2cc(N)cn2C(C)C)cc1. The average molecular weight is 287 g/mol. The van der Waals surface area contributed by atoms with Crippen molar-refractivity contribution in [3.05, 3.63) is 42.2 Å². The zero-order valence-corrected chi connectivity index (χ0v) is 12.6. The Hall–Kier alpha value is -2.43. The second kappa shape index (κ2) is 6.35. The number of hydrogen-bond donors (Lipinski definition) is 2. The Bertz CT molecular complexity index is 615. The third-order valence-electron chi connectivity index (χ3n) is 3.08. The fraction of sp³-hybridized carbons (Fsp3) is 0.312. The standard InChI is InChI=1S/C16H21N3O2/c1-4-21-14-7-5-13(6-8-14)18-16(20)15-9-12(17)10-19(15)11(2)3/h5-11H,4,17H2,1-3H3,(H,18,20). The van der Waals surface area contributed by atoms with Crippen molar-refractivity contribution in [3.8, 4) is 5.75 Å². The number of nitrogens with one attached hydrogen (secondary N) is 1. The Balaban J connectivity index is 2.14. The molecule has 112 valence electrons. The summed E-state index contributed by atoms with van der Waals surface area (Å²) < 4.78 is 7.23. The van der Waals surface area contributed by atoms with Gasteiger partial charge in [-0.1, -0.05) is 0 Å². The highest BCUT2D eigenvalue weighted by molar-refractivity contribution is 6.03. The minimum absolute atomic E-state index is 0.170. The summed E-state index contributed by atoms with van der Waals surface area (Å²) >= 11 is 0. The van der Waals surface area contributed by atoms with E-state index in [1.807, 2.05) is 49.6 Å². The van der Waals surface area contributed by atoms with Crippen molar-refractivity contribution in [1.82, 2.24) is 4.57 Å². The Kier molecular flexibility index (Phi) is 4.52. The molecule has 0 radical (unpaired) electrons. The highest BCUT2D eigenvalue weighted by Gasteiger charge is 2.14. The molecule has 3 N–H and O–H groups in total. The summed E-state index contributed by atoms with van der Waals surface area (Å²) in [6, 6.07) is 9.14. The first-order chi connectivity index (χ1) is 10.0. The van der Waals surface area contributed by atoms with Crippen LogP contribution >= 0.6 is 0 Å². The molecular formula is C16H21N3O2. The molecule has 0 aliphatic rings. The van der Waals surface area contributed by atoms with Crippen molar-refractivity contribution in [3.63, 3.8) is 0 Å². The van der Waals surface area contributed by atoms with Gasteiger partial charge in [0, 0.05) is 17.9 Å². The second-order valence-electron chi connectivity index (χ2n) is 5.07. The molecule has 0 saturated heterocycles. The van der Waals surface area contributed by atoms with E-state index in [-0.39, 0.29) is 11.9 Å². The summed E-state index contributed by atoms with van der Waals surface area (Å²) in [7, 11) is 0. The normalized spacial score (nSPS) is 10.7. The lowest BCUT2D eigenvalue weighted by Gasteiger charge is -2.13. The summed E-state index contributed by atoms with van der Waals surface area (Å²) in [5, 5.41) is 2.87. The minimum atomic E-state index is -0.176. The van der Waals surface area contributed by atoms with Crippen LogP contribution in [0.2, 0.25) is 0 Å². The van der Waals surface area contributed by atoms with E-state index in [1.54, 1.807) is 12.3 Å². The third-order valence-corrected chi connectivity index (χ3v) is 3.08. The van der Waals surface area contributed by atoms with Crippen LogP contribution in [-0.4, -0.2) is 17.1 Å². The van der Waals surface area contributed by atoms with Gasteiger partial charge in [0.25, 0.3) is 5.91 Å². The number of nitrogen functional groups attached to an aromatic ring is 1. The van der Waals surface area contributed by atoms with Crippen molar-refractivity contribution < 1.29 is 9.53 Å². The molecular weight excluding hydrogens is 266 g/mol. The molecule has 0 saturated carbocycles. The van der Waals surface area contributed by atoms with Crippen LogP contribution in [-0.2, 0) is 0 Å². The first-order valence-corrected chi connectivity index (χ1v) is 7.02. The van der Waals surface area contributed by atoms with E-state index < -0.39 is 0 Å². The van der Waals surface area contributed by atoms with Crippen LogP contribution in [0.5, 0.6) is 5.75 Å². The number of nitrogens with zero attached hydrogens (tertiary/aromatic N) is 1. The maximum absolute atomic E-state index is 12.3. The Labute approximate surface area is 124 Å². The van der Waals surface area contributed by atoms with E-state index in [0.717, 1.165) is 11.4 Å². The fourth-order valence-corrected chi connectivity index (χ4v) is 2.11. The molecule has 5 nitrogen and oxygen atoms in total. The summed E-state index contributed by atoms with van der Waals surface area (Å²) in [4.78, 5) is 12.3. The van der Waals surface area contributed by atoms with Crippen molar-refractivity contribution in [1.29, 1.82) is 0 Å². The molecule has 0 fully saturated rings. The summed E-state index contributed by atoms with van der Waals surface area (Å²) in [5.41, 5.74) is 7.64. The molecule has 1 heterocycles. The van der Waals surface area contributed by atoms with E-state index in [4.69, 9.17) is 10.5 Å². The summed E-state index contributed by atoms with van der Waals surface area (Å²) in [5.74, 6) is 0.606. The zero-order valence-electron chi connectivity index (χ0n) is 12.6. The number of anilines is 2. The first-order valence-electron chi connectivity index (χ1n) is 7.02. The molecule has 2 rings (SSSR count). The van der Waals surface area contributed by atoms with Crippen LogP contribution in [0.15, 0.2) is 36.5 Å². The maximum atomic E-state index is 12.3. The molecule has 1 amide bonds. The zero-order chi connectivity index (χ0) is 15.4. The number of nitrogens with two attached hydrogens (primary N) is 1. The van der Waals surface area contributed by atoms with Gasteiger partial charge in [0.15, 0.2) is 0 Å². The van der Waals surface area contributed by atoms with Crippen molar-refractivity contribution in [2.75, 3.05) is 17.7 Å². The van der Waals surface area contributed by atoms with Gasteiger partial charge in [0.2, 0.25) is 0 Å². The van der Waals surface area contributed by atoms with Crippen LogP contribution in [0, 0.1) is 0 Å². The second-order valence-corrected chi connectivity index (χ2v) is 5.07. The number of carbonyl (C=O) groups excluding carboxylic acids is 1. The number of amides is 1. The number of carbonyl (C=O) groups is 1. The topological polar surface area (TPSA) is 69.3 Å². The number of aromatic nitrogens is 1. The third kappa shape index (κ3) is 3.56. The van der Waals surface area contributed by atoms with Gasteiger partial charge in [-0.15, -0.1) is 0 Å². The van der Waals surface area contributed by atoms with Gasteiger partial charge in [-0.25, -0.2) is 0 Å². The van der Waals surface area contributed by atoms with Gasteiger partial charge >= 0.3 is 0 Å². The van der Waals surface area contributed by atoms with E-state index in [9.17, 15) is 4.79 Å². The van der Waals surface area contributed by atoms with Crippen LogP contribution in [0.4, 0.5) is 11.4 Å². The molecule has 5 heteroatoms. The Morgan fingerprint density at radius 1 is 1.33 bits per heavy atom. The highest BCUT2D eigenvalue weighted by Crippen LogP contribution is 2.20. The van der Waals surface area contributed by atoms with Crippen LogP contribution in [0.25, 0.3) is 0 Å². The largest absolute Gasteiger partial charge is 0.494 e.